The summed E-state index contributed by atoms with van der Waals surface area (Å²) < 4.78 is 11.8. The Balaban J connectivity index is 1.22. The second-order valence-corrected chi connectivity index (χ2v) is 11.8. The first-order chi connectivity index (χ1) is 18.5. The second kappa shape index (κ2) is 10.6. The summed E-state index contributed by atoms with van der Waals surface area (Å²) in [7, 11) is 5.85. The fourth-order valence-electron chi connectivity index (χ4n) is 5.07. The van der Waals surface area contributed by atoms with E-state index in [1.54, 1.807) is 18.4 Å². The Hall–Kier alpha value is -3.03. The van der Waals surface area contributed by atoms with Crippen molar-refractivity contribution in [2.24, 2.45) is 0 Å². The lowest BCUT2D eigenvalue weighted by atomic mass is 10.1. The highest BCUT2D eigenvalue weighted by molar-refractivity contribution is 7.23. The van der Waals surface area contributed by atoms with Gasteiger partial charge in [0.2, 0.25) is 0 Å². The SMILES string of the molecule is COc1cc2nnsc2cc1NC1NCNc2sc3cc(C(=O)N4CCN(CCN(C)C)CC4)ccc3c21. The maximum atomic E-state index is 13.4. The summed E-state index contributed by atoms with van der Waals surface area (Å²) in [4.78, 5) is 20.0. The molecule has 2 aliphatic rings. The number of aromatic nitrogens is 2. The lowest BCUT2D eigenvalue weighted by Crippen LogP contribution is -2.49. The standard InChI is InChI=1S/C26H32N8O2S2/c1-32(2)6-7-33-8-10-34(11-9-33)26(35)16-4-5-17-21(12-16)37-25-23(17)24(27-15-28-25)29-18-14-22-19(30-31-38-22)13-20(18)36-3/h4-5,12-14,24,27-29H,6-11,15H2,1-3H3. The van der Waals surface area contributed by atoms with E-state index in [1.165, 1.54) is 11.5 Å². The van der Waals surface area contributed by atoms with Crippen LogP contribution in [-0.2, 0) is 0 Å². The fraction of sp³-hybridized carbons (Fsp3) is 0.423. The summed E-state index contributed by atoms with van der Waals surface area (Å²) in [6.45, 7) is 6.09. The van der Waals surface area contributed by atoms with Crippen LogP contribution in [0, 0.1) is 0 Å². The number of hydrogen-bond acceptors (Lipinski definition) is 11. The third-order valence-corrected chi connectivity index (χ3v) is 9.02. The molecule has 38 heavy (non-hydrogen) atoms. The summed E-state index contributed by atoms with van der Waals surface area (Å²) in [6, 6.07) is 10.1. The van der Waals surface area contributed by atoms with Gasteiger partial charge in [-0.2, -0.15) is 0 Å². The van der Waals surface area contributed by atoms with Gasteiger partial charge in [-0.1, -0.05) is 10.6 Å². The molecule has 1 atom stereocenters. The molecule has 0 aliphatic carbocycles. The topological polar surface area (TPSA) is 97.9 Å². The number of likely N-dealkylation sites (N-methyl/N-ethyl adjacent to an activating group) is 1. The van der Waals surface area contributed by atoms with Gasteiger partial charge in [0, 0.05) is 66.5 Å². The summed E-state index contributed by atoms with van der Waals surface area (Å²) in [6.07, 6.45) is -0.121. The highest BCUT2D eigenvalue weighted by Gasteiger charge is 2.27. The van der Waals surface area contributed by atoms with Gasteiger partial charge in [-0.15, -0.1) is 16.4 Å². The van der Waals surface area contributed by atoms with Crippen LogP contribution >= 0.6 is 22.9 Å². The number of rotatable bonds is 7. The maximum Gasteiger partial charge on any atom is 0.253 e. The highest BCUT2D eigenvalue weighted by Crippen LogP contribution is 2.43. The zero-order valence-corrected chi connectivity index (χ0v) is 23.4. The summed E-state index contributed by atoms with van der Waals surface area (Å²) in [5, 5.41) is 17.0. The number of amides is 1. The van der Waals surface area contributed by atoms with Crippen molar-refractivity contribution in [3.63, 3.8) is 0 Å². The first-order valence-corrected chi connectivity index (χ1v) is 14.4. The van der Waals surface area contributed by atoms with Crippen LogP contribution in [-0.4, -0.2) is 97.3 Å². The normalized spacial score (nSPS) is 18.1. The quantitative estimate of drug-likeness (QED) is 0.319. The Morgan fingerprint density at radius 1 is 1.18 bits per heavy atom. The molecule has 1 saturated heterocycles. The minimum Gasteiger partial charge on any atom is -0.495 e. The van der Waals surface area contributed by atoms with Gasteiger partial charge in [-0.05, 0) is 43.8 Å². The molecule has 1 amide bonds. The second-order valence-electron chi connectivity index (χ2n) is 9.92. The van der Waals surface area contributed by atoms with Crippen LogP contribution in [0.3, 0.4) is 0 Å². The smallest absolute Gasteiger partial charge is 0.253 e. The summed E-state index contributed by atoms with van der Waals surface area (Å²) in [5.41, 5.74) is 3.60. The number of ether oxygens (including phenoxy) is 1. The highest BCUT2D eigenvalue weighted by atomic mass is 32.1. The number of methoxy groups -OCH3 is 1. The summed E-state index contributed by atoms with van der Waals surface area (Å²) >= 11 is 3.06. The molecule has 0 spiro atoms. The average Bonchev–Trinajstić information content (AvgIpc) is 3.55. The van der Waals surface area contributed by atoms with Gasteiger partial charge < -0.3 is 25.2 Å². The molecule has 1 unspecified atom stereocenters. The third kappa shape index (κ3) is 4.90. The van der Waals surface area contributed by atoms with Crippen molar-refractivity contribution in [1.29, 1.82) is 0 Å². The van der Waals surface area contributed by atoms with Crippen molar-refractivity contribution < 1.29 is 9.53 Å². The van der Waals surface area contributed by atoms with Crippen molar-refractivity contribution in [2.75, 3.05) is 77.8 Å². The van der Waals surface area contributed by atoms with Gasteiger partial charge in [0.1, 0.15) is 17.4 Å². The van der Waals surface area contributed by atoms with Crippen LogP contribution in [0.5, 0.6) is 5.75 Å². The van der Waals surface area contributed by atoms with Gasteiger partial charge >= 0.3 is 0 Å². The van der Waals surface area contributed by atoms with E-state index in [9.17, 15) is 4.79 Å². The number of benzene rings is 2. The molecule has 4 aromatic rings. The van der Waals surface area contributed by atoms with Gasteiger partial charge in [0.15, 0.2) is 0 Å². The van der Waals surface area contributed by atoms with Crippen molar-refractivity contribution in [3.05, 3.63) is 41.5 Å². The van der Waals surface area contributed by atoms with Gasteiger partial charge in [0.25, 0.3) is 5.91 Å². The average molecular weight is 553 g/mol. The molecule has 1 fully saturated rings. The van der Waals surface area contributed by atoms with E-state index >= 15 is 0 Å². The number of nitrogens with zero attached hydrogens (tertiary/aromatic N) is 5. The van der Waals surface area contributed by atoms with Crippen LogP contribution in [0.2, 0.25) is 0 Å². The van der Waals surface area contributed by atoms with E-state index in [-0.39, 0.29) is 12.1 Å². The monoisotopic (exact) mass is 552 g/mol. The van der Waals surface area contributed by atoms with Crippen molar-refractivity contribution in [1.82, 2.24) is 29.6 Å². The van der Waals surface area contributed by atoms with Crippen LogP contribution in [0.15, 0.2) is 30.3 Å². The molecule has 0 saturated carbocycles. The Morgan fingerprint density at radius 3 is 2.82 bits per heavy atom. The molecule has 4 heterocycles. The number of thiophene rings is 1. The molecule has 10 nitrogen and oxygen atoms in total. The Labute approximate surface area is 229 Å². The molecule has 0 radical (unpaired) electrons. The van der Waals surface area contributed by atoms with Gasteiger partial charge in [0.05, 0.1) is 29.2 Å². The van der Waals surface area contributed by atoms with E-state index in [1.807, 2.05) is 29.2 Å². The largest absolute Gasteiger partial charge is 0.495 e. The Morgan fingerprint density at radius 2 is 2.03 bits per heavy atom. The first-order valence-electron chi connectivity index (χ1n) is 12.8. The molecular weight excluding hydrogens is 520 g/mol. The predicted octanol–water partition coefficient (Wildman–Crippen LogP) is 3.32. The minimum atomic E-state index is -0.121. The number of carbonyl (C=O) groups excluding carboxylic acids is 1. The lowest BCUT2D eigenvalue weighted by Gasteiger charge is -2.35. The van der Waals surface area contributed by atoms with Crippen molar-refractivity contribution in [3.8, 4) is 5.75 Å². The molecule has 6 rings (SSSR count). The first kappa shape index (κ1) is 25.3. The molecule has 3 N–H and O–H groups in total. The van der Waals surface area contributed by atoms with Crippen LogP contribution in [0.1, 0.15) is 22.1 Å². The van der Waals surface area contributed by atoms with E-state index in [2.05, 4.69) is 55.5 Å². The van der Waals surface area contributed by atoms with Crippen molar-refractivity contribution >= 4 is 59.8 Å². The maximum absolute atomic E-state index is 13.4. The predicted molar refractivity (Wildman–Crippen MR) is 155 cm³/mol. The number of anilines is 2. The summed E-state index contributed by atoms with van der Waals surface area (Å²) in [5.74, 6) is 0.837. The van der Waals surface area contributed by atoms with E-state index in [0.717, 1.165) is 87.1 Å². The van der Waals surface area contributed by atoms with Gasteiger partial charge in [-0.25, -0.2) is 0 Å². The number of fused-ring (bicyclic) bond motifs is 4. The zero-order valence-electron chi connectivity index (χ0n) is 21.8. The molecule has 12 heteroatoms. The number of nitrogens with one attached hydrogen (secondary N) is 3. The number of hydrogen-bond donors (Lipinski definition) is 3. The lowest BCUT2D eigenvalue weighted by molar-refractivity contribution is 0.0630. The number of carbonyl (C=O) groups is 1. The number of piperazine rings is 1. The van der Waals surface area contributed by atoms with E-state index in [4.69, 9.17) is 4.74 Å². The molecule has 2 aromatic carbocycles. The molecule has 2 aromatic heterocycles. The van der Waals surface area contributed by atoms with Crippen LogP contribution in [0.25, 0.3) is 20.3 Å². The third-order valence-electron chi connectivity index (χ3n) is 7.21. The molecular formula is C26H32N8O2S2. The Bertz CT molecular complexity index is 1460. The minimum absolute atomic E-state index is 0.113. The molecule has 0 bridgehead atoms. The van der Waals surface area contributed by atoms with Crippen LogP contribution in [0.4, 0.5) is 10.7 Å². The van der Waals surface area contributed by atoms with E-state index in [0.29, 0.717) is 6.67 Å². The fourth-order valence-corrected chi connectivity index (χ4v) is 6.83. The van der Waals surface area contributed by atoms with Gasteiger partial charge in [-0.3, -0.25) is 15.0 Å². The van der Waals surface area contributed by atoms with Crippen LogP contribution < -0.4 is 20.7 Å². The molecule has 200 valence electrons. The van der Waals surface area contributed by atoms with Crippen molar-refractivity contribution in [2.45, 2.75) is 6.17 Å². The van der Waals surface area contributed by atoms with E-state index < -0.39 is 0 Å². The molecule has 2 aliphatic heterocycles. The Kier molecular flexibility index (Phi) is 7.06. The zero-order chi connectivity index (χ0) is 26.2.